The summed E-state index contributed by atoms with van der Waals surface area (Å²) in [7, 11) is 0. The van der Waals surface area contributed by atoms with E-state index < -0.39 is 0 Å². The molecule has 0 bridgehead atoms. The molecular formula is C18H20N4O. The third-order valence-electron chi connectivity index (χ3n) is 3.64. The number of nitrogens with zero attached hydrogens (tertiary/aromatic N) is 3. The molecule has 0 atom stereocenters. The number of anilines is 1. The lowest BCUT2D eigenvalue weighted by Crippen LogP contribution is -2.14. The summed E-state index contributed by atoms with van der Waals surface area (Å²) in [5.74, 6) is 1.04. The molecule has 5 heteroatoms. The Hall–Kier alpha value is -2.69. The van der Waals surface area contributed by atoms with Crippen molar-refractivity contribution in [2.24, 2.45) is 5.92 Å². The molecule has 2 aromatic heterocycles. The van der Waals surface area contributed by atoms with Gasteiger partial charge in [0.15, 0.2) is 0 Å². The summed E-state index contributed by atoms with van der Waals surface area (Å²) >= 11 is 0. The van der Waals surface area contributed by atoms with Crippen LogP contribution in [0.3, 0.4) is 0 Å². The van der Waals surface area contributed by atoms with Gasteiger partial charge >= 0.3 is 0 Å². The van der Waals surface area contributed by atoms with Gasteiger partial charge in [-0.2, -0.15) is 0 Å². The fourth-order valence-electron chi connectivity index (χ4n) is 2.46. The average Bonchev–Trinajstić information content (AvgIpc) is 2.92. The minimum Gasteiger partial charge on any atom is -0.326 e. The van der Waals surface area contributed by atoms with Gasteiger partial charge in [0, 0.05) is 36.3 Å². The van der Waals surface area contributed by atoms with Gasteiger partial charge in [0.2, 0.25) is 11.7 Å². The van der Waals surface area contributed by atoms with Crippen molar-refractivity contribution in [1.29, 1.82) is 0 Å². The van der Waals surface area contributed by atoms with Crippen molar-refractivity contribution < 1.29 is 4.79 Å². The summed E-state index contributed by atoms with van der Waals surface area (Å²) < 4.78 is 1.88. The maximum Gasteiger partial charge on any atom is 0.234 e. The topological polar surface area (TPSA) is 59.3 Å². The second-order valence-corrected chi connectivity index (χ2v) is 6.13. The molecule has 1 N–H and O–H groups in total. The van der Waals surface area contributed by atoms with Crippen molar-refractivity contribution in [3.8, 4) is 11.3 Å². The van der Waals surface area contributed by atoms with E-state index in [0.717, 1.165) is 22.5 Å². The Balaban J connectivity index is 1.91. The van der Waals surface area contributed by atoms with Crippen LogP contribution in [0, 0.1) is 12.8 Å². The Morgan fingerprint density at radius 1 is 1.35 bits per heavy atom. The number of hydrogen-bond donors (Lipinski definition) is 1. The minimum atomic E-state index is 0.0388. The van der Waals surface area contributed by atoms with Crippen molar-refractivity contribution >= 4 is 17.4 Å². The van der Waals surface area contributed by atoms with Crippen LogP contribution >= 0.6 is 0 Å². The number of amides is 1. The monoisotopic (exact) mass is 308 g/mol. The Kier molecular flexibility index (Phi) is 4.10. The quantitative estimate of drug-likeness (QED) is 0.799. The van der Waals surface area contributed by atoms with E-state index in [9.17, 15) is 4.79 Å². The summed E-state index contributed by atoms with van der Waals surface area (Å²) in [6.07, 6.45) is 6.09. The van der Waals surface area contributed by atoms with Gasteiger partial charge < -0.3 is 5.32 Å². The van der Waals surface area contributed by atoms with Gasteiger partial charge in [0.25, 0.3) is 0 Å². The number of rotatable bonds is 4. The fourth-order valence-corrected chi connectivity index (χ4v) is 2.46. The SMILES string of the molecule is Cc1ccc(-c2cn3cccnc3n2)cc1NC(=O)CC(C)C. The molecule has 1 amide bonds. The number of carbonyl (C=O) groups excluding carboxylic acids is 1. The zero-order valence-electron chi connectivity index (χ0n) is 13.6. The Morgan fingerprint density at radius 2 is 2.17 bits per heavy atom. The summed E-state index contributed by atoms with van der Waals surface area (Å²) in [6, 6.07) is 7.84. The van der Waals surface area contributed by atoms with E-state index in [1.165, 1.54) is 0 Å². The molecular weight excluding hydrogens is 288 g/mol. The van der Waals surface area contributed by atoms with Gasteiger partial charge in [-0.25, -0.2) is 9.97 Å². The first-order chi connectivity index (χ1) is 11.0. The molecule has 0 radical (unpaired) electrons. The average molecular weight is 308 g/mol. The van der Waals surface area contributed by atoms with E-state index in [4.69, 9.17) is 0 Å². The van der Waals surface area contributed by atoms with E-state index in [1.54, 1.807) is 6.20 Å². The molecule has 0 unspecified atom stereocenters. The van der Waals surface area contributed by atoms with Gasteiger partial charge in [-0.3, -0.25) is 9.20 Å². The predicted octanol–water partition coefficient (Wildman–Crippen LogP) is 3.69. The van der Waals surface area contributed by atoms with Crippen LogP contribution in [0.4, 0.5) is 5.69 Å². The zero-order chi connectivity index (χ0) is 16.4. The van der Waals surface area contributed by atoms with Crippen LogP contribution in [0.2, 0.25) is 0 Å². The number of hydrogen-bond acceptors (Lipinski definition) is 3. The standard InChI is InChI=1S/C18H20N4O/c1-12(2)9-17(23)20-15-10-14(6-5-13(15)3)16-11-22-8-4-7-19-18(22)21-16/h4-8,10-12H,9H2,1-3H3,(H,20,23). The molecule has 3 aromatic rings. The van der Waals surface area contributed by atoms with E-state index >= 15 is 0 Å². The number of aryl methyl sites for hydroxylation is 1. The second-order valence-electron chi connectivity index (χ2n) is 6.13. The zero-order valence-corrected chi connectivity index (χ0v) is 13.6. The number of nitrogens with one attached hydrogen (secondary N) is 1. The molecule has 0 spiro atoms. The van der Waals surface area contributed by atoms with Gasteiger partial charge in [-0.15, -0.1) is 0 Å². The van der Waals surface area contributed by atoms with Crippen LogP contribution in [-0.2, 0) is 4.79 Å². The summed E-state index contributed by atoms with van der Waals surface area (Å²) in [6.45, 7) is 6.05. The van der Waals surface area contributed by atoms with Crippen LogP contribution in [0.5, 0.6) is 0 Å². The first-order valence-electron chi connectivity index (χ1n) is 7.73. The largest absolute Gasteiger partial charge is 0.326 e. The van der Waals surface area contributed by atoms with Crippen LogP contribution < -0.4 is 5.32 Å². The smallest absolute Gasteiger partial charge is 0.234 e. The highest BCUT2D eigenvalue weighted by atomic mass is 16.1. The number of carbonyl (C=O) groups is 1. The van der Waals surface area contributed by atoms with E-state index in [1.807, 2.05) is 61.8 Å². The molecule has 0 saturated carbocycles. The van der Waals surface area contributed by atoms with Gasteiger partial charge in [0.1, 0.15) is 0 Å². The predicted molar refractivity (Wildman–Crippen MR) is 91.2 cm³/mol. The highest BCUT2D eigenvalue weighted by Gasteiger charge is 2.10. The van der Waals surface area contributed by atoms with E-state index in [-0.39, 0.29) is 5.91 Å². The summed E-state index contributed by atoms with van der Waals surface area (Å²) in [4.78, 5) is 20.8. The minimum absolute atomic E-state index is 0.0388. The third kappa shape index (κ3) is 3.39. The molecule has 0 aliphatic carbocycles. The van der Waals surface area contributed by atoms with Crippen molar-refractivity contribution in [3.05, 3.63) is 48.4 Å². The van der Waals surface area contributed by atoms with Crippen LogP contribution in [0.1, 0.15) is 25.8 Å². The lowest BCUT2D eigenvalue weighted by atomic mass is 10.1. The van der Waals surface area contributed by atoms with Crippen LogP contribution in [0.15, 0.2) is 42.9 Å². The number of fused-ring (bicyclic) bond motifs is 1. The molecule has 2 heterocycles. The van der Waals surface area contributed by atoms with Gasteiger partial charge in [-0.1, -0.05) is 26.0 Å². The molecule has 1 aromatic carbocycles. The lowest BCUT2D eigenvalue weighted by molar-refractivity contribution is -0.116. The molecule has 0 aliphatic rings. The maximum atomic E-state index is 12.0. The molecule has 0 aliphatic heterocycles. The third-order valence-corrected chi connectivity index (χ3v) is 3.64. The molecule has 118 valence electrons. The summed E-state index contributed by atoms with van der Waals surface area (Å²) in [5.41, 5.74) is 3.66. The normalized spacial score (nSPS) is 11.1. The molecule has 5 nitrogen and oxygen atoms in total. The highest BCUT2D eigenvalue weighted by molar-refractivity contribution is 5.92. The van der Waals surface area contributed by atoms with Crippen molar-refractivity contribution in [2.75, 3.05) is 5.32 Å². The number of benzene rings is 1. The van der Waals surface area contributed by atoms with Crippen LogP contribution in [0.25, 0.3) is 17.0 Å². The van der Waals surface area contributed by atoms with Gasteiger partial charge in [-0.05, 0) is 30.5 Å². The highest BCUT2D eigenvalue weighted by Crippen LogP contribution is 2.25. The molecule has 23 heavy (non-hydrogen) atoms. The number of imidazole rings is 1. The van der Waals surface area contributed by atoms with Crippen molar-refractivity contribution in [2.45, 2.75) is 27.2 Å². The Labute approximate surface area is 135 Å². The first-order valence-corrected chi connectivity index (χ1v) is 7.73. The Morgan fingerprint density at radius 3 is 2.91 bits per heavy atom. The first kappa shape index (κ1) is 15.2. The number of aromatic nitrogens is 3. The fraction of sp³-hybridized carbons (Fsp3) is 0.278. The molecule has 3 rings (SSSR count). The second kappa shape index (κ2) is 6.20. The van der Waals surface area contributed by atoms with Crippen molar-refractivity contribution in [3.63, 3.8) is 0 Å². The van der Waals surface area contributed by atoms with Crippen LogP contribution in [-0.4, -0.2) is 20.3 Å². The molecule has 0 saturated heterocycles. The van der Waals surface area contributed by atoms with Crippen molar-refractivity contribution in [1.82, 2.24) is 14.4 Å². The molecule has 0 fully saturated rings. The van der Waals surface area contributed by atoms with E-state index in [0.29, 0.717) is 18.1 Å². The summed E-state index contributed by atoms with van der Waals surface area (Å²) in [5, 5.41) is 3.00. The van der Waals surface area contributed by atoms with Gasteiger partial charge in [0.05, 0.1) is 5.69 Å². The maximum absolute atomic E-state index is 12.0. The Bertz CT molecular complexity index is 818. The van der Waals surface area contributed by atoms with E-state index in [2.05, 4.69) is 15.3 Å². The lowest BCUT2D eigenvalue weighted by Gasteiger charge is -2.11.